The maximum atomic E-state index is 4.98. The molecule has 0 aliphatic rings. The predicted molar refractivity (Wildman–Crippen MR) is 66.4 cm³/mol. The molecule has 0 radical (unpaired) electrons. The van der Waals surface area contributed by atoms with Crippen molar-refractivity contribution in [3.8, 4) is 0 Å². The van der Waals surface area contributed by atoms with Gasteiger partial charge in [0, 0.05) is 44.4 Å². The summed E-state index contributed by atoms with van der Waals surface area (Å²) in [5.74, 6) is 1.17. The van der Waals surface area contributed by atoms with Crippen LogP contribution in [0.5, 0.6) is 0 Å². The molecule has 0 unspecified atom stereocenters. The summed E-state index contributed by atoms with van der Waals surface area (Å²) in [5, 5.41) is 3.35. The molecule has 1 N–H and O–H groups in total. The molecule has 0 atom stereocenters. The highest BCUT2D eigenvalue weighted by molar-refractivity contribution is 7.98. The molecular formula is C11H20N2OS. The van der Waals surface area contributed by atoms with Gasteiger partial charge in [0.25, 0.3) is 0 Å². The standard InChI is InChI=1S/C11H20N2OS/c1-14-8-5-12-10-11-4-3-6-13(11)7-9-15-2/h3-4,6,12H,5,7-10H2,1-2H3. The van der Waals surface area contributed by atoms with Gasteiger partial charge in [-0.05, 0) is 18.4 Å². The smallest absolute Gasteiger partial charge is 0.0587 e. The molecule has 0 bridgehead atoms. The lowest BCUT2D eigenvalue weighted by Crippen LogP contribution is -2.20. The van der Waals surface area contributed by atoms with Gasteiger partial charge in [-0.2, -0.15) is 11.8 Å². The van der Waals surface area contributed by atoms with Crippen molar-refractivity contribution >= 4 is 11.8 Å². The van der Waals surface area contributed by atoms with Gasteiger partial charge in [-0.1, -0.05) is 0 Å². The van der Waals surface area contributed by atoms with Crippen molar-refractivity contribution in [2.45, 2.75) is 13.1 Å². The highest BCUT2D eigenvalue weighted by Gasteiger charge is 1.99. The molecule has 0 amide bonds. The average molecular weight is 228 g/mol. The van der Waals surface area contributed by atoms with E-state index in [2.05, 4.69) is 34.5 Å². The summed E-state index contributed by atoms with van der Waals surface area (Å²) in [6.45, 7) is 3.69. The van der Waals surface area contributed by atoms with Crippen molar-refractivity contribution in [1.82, 2.24) is 9.88 Å². The van der Waals surface area contributed by atoms with Crippen LogP contribution < -0.4 is 5.32 Å². The molecular weight excluding hydrogens is 208 g/mol. The number of rotatable bonds is 8. The Labute approximate surface area is 96.2 Å². The van der Waals surface area contributed by atoms with E-state index in [-0.39, 0.29) is 0 Å². The van der Waals surface area contributed by atoms with Crippen molar-refractivity contribution < 1.29 is 4.74 Å². The number of nitrogens with one attached hydrogen (secondary N) is 1. The number of ether oxygens (including phenoxy) is 1. The van der Waals surface area contributed by atoms with E-state index in [0.717, 1.165) is 26.2 Å². The van der Waals surface area contributed by atoms with Crippen LogP contribution >= 0.6 is 11.8 Å². The predicted octanol–water partition coefficient (Wildman–Crippen LogP) is 1.59. The first-order valence-corrected chi connectivity index (χ1v) is 6.60. The van der Waals surface area contributed by atoms with Crippen LogP contribution in [0.15, 0.2) is 18.3 Å². The number of methoxy groups -OCH3 is 1. The molecule has 1 aromatic rings. The summed E-state index contributed by atoms with van der Waals surface area (Å²) >= 11 is 1.88. The molecule has 0 aliphatic carbocycles. The lowest BCUT2D eigenvalue weighted by Gasteiger charge is -2.09. The van der Waals surface area contributed by atoms with E-state index in [1.54, 1.807) is 7.11 Å². The fourth-order valence-corrected chi connectivity index (χ4v) is 1.79. The zero-order valence-electron chi connectivity index (χ0n) is 9.53. The van der Waals surface area contributed by atoms with E-state index in [1.165, 1.54) is 11.4 Å². The summed E-state index contributed by atoms with van der Waals surface area (Å²) in [5.41, 5.74) is 1.35. The summed E-state index contributed by atoms with van der Waals surface area (Å²) in [4.78, 5) is 0. The molecule has 1 aromatic heterocycles. The summed E-state index contributed by atoms with van der Waals surface area (Å²) in [7, 11) is 1.73. The maximum Gasteiger partial charge on any atom is 0.0587 e. The van der Waals surface area contributed by atoms with Gasteiger partial charge >= 0.3 is 0 Å². The lowest BCUT2D eigenvalue weighted by atomic mass is 10.4. The Balaban J connectivity index is 2.29. The first kappa shape index (κ1) is 12.6. The van der Waals surface area contributed by atoms with Crippen LogP contribution in [0.4, 0.5) is 0 Å². The Morgan fingerprint density at radius 3 is 3.13 bits per heavy atom. The van der Waals surface area contributed by atoms with Gasteiger partial charge in [-0.15, -0.1) is 0 Å². The number of aromatic nitrogens is 1. The highest BCUT2D eigenvalue weighted by atomic mass is 32.2. The average Bonchev–Trinajstić information content (AvgIpc) is 2.69. The minimum absolute atomic E-state index is 0.769. The Morgan fingerprint density at radius 2 is 2.40 bits per heavy atom. The van der Waals surface area contributed by atoms with Crippen LogP contribution in [0.2, 0.25) is 0 Å². The first-order valence-electron chi connectivity index (χ1n) is 5.21. The van der Waals surface area contributed by atoms with Gasteiger partial charge in [0.05, 0.1) is 6.61 Å². The lowest BCUT2D eigenvalue weighted by molar-refractivity contribution is 0.199. The third-order valence-corrected chi connectivity index (χ3v) is 2.84. The zero-order valence-corrected chi connectivity index (χ0v) is 10.3. The highest BCUT2D eigenvalue weighted by Crippen LogP contribution is 2.04. The molecule has 4 heteroatoms. The molecule has 3 nitrogen and oxygen atoms in total. The topological polar surface area (TPSA) is 26.2 Å². The number of nitrogens with zero attached hydrogens (tertiary/aromatic N) is 1. The van der Waals surface area contributed by atoms with Crippen molar-refractivity contribution in [2.24, 2.45) is 0 Å². The molecule has 1 heterocycles. The summed E-state index contributed by atoms with van der Waals surface area (Å²) in [6, 6.07) is 4.27. The molecule has 15 heavy (non-hydrogen) atoms. The Bertz CT molecular complexity index is 263. The van der Waals surface area contributed by atoms with Gasteiger partial charge < -0.3 is 14.6 Å². The van der Waals surface area contributed by atoms with Crippen molar-refractivity contribution in [1.29, 1.82) is 0 Å². The Kier molecular flexibility index (Phi) is 6.55. The van der Waals surface area contributed by atoms with Gasteiger partial charge in [0.15, 0.2) is 0 Å². The Hall–Kier alpha value is -0.450. The zero-order chi connectivity index (χ0) is 10.9. The largest absolute Gasteiger partial charge is 0.383 e. The molecule has 86 valence electrons. The van der Waals surface area contributed by atoms with Crippen LogP contribution in [-0.2, 0) is 17.8 Å². The molecule has 0 saturated carbocycles. The molecule has 0 aromatic carbocycles. The minimum Gasteiger partial charge on any atom is -0.383 e. The molecule has 1 rings (SSSR count). The van der Waals surface area contributed by atoms with Crippen LogP contribution in [-0.4, -0.2) is 36.8 Å². The maximum absolute atomic E-state index is 4.98. The summed E-state index contributed by atoms with van der Waals surface area (Å²) in [6.07, 6.45) is 4.28. The molecule has 0 fully saturated rings. The molecule has 0 aliphatic heterocycles. The number of aryl methyl sites for hydroxylation is 1. The fraction of sp³-hybridized carbons (Fsp3) is 0.636. The fourth-order valence-electron chi connectivity index (χ4n) is 1.41. The van der Waals surface area contributed by atoms with Crippen molar-refractivity contribution in [2.75, 3.05) is 32.3 Å². The van der Waals surface area contributed by atoms with Crippen molar-refractivity contribution in [3.63, 3.8) is 0 Å². The van der Waals surface area contributed by atoms with E-state index < -0.39 is 0 Å². The van der Waals surface area contributed by atoms with Gasteiger partial charge in [0.2, 0.25) is 0 Å². The third-order valence-electron chi connectivity index (χ3n) is 2.25. The number of thioether (sulfide) groups is 1. The van der Waals surface area contributed by atoms with E-state index in [0.29, 0.717) is 0 Å². The second kappa shape index (κ2) is 7.79. The minimum atomic E-state index is 0.769. The molecule has 0 spiro atoms. The van der Waals surface area contributed by atoms with E-state index in [9.17, 15) is 0 Å². The van der Waals surface area contributed by atoms with E-state index in [4.69, 9.17) is 4.74 Å². The van der Waals surface area contributed by atoms with E-state index >= 15 is 0 Å². The van der Waals surface area contributed by atoms with Crippen LogP contribution in [0.25, 0.3) is 0 Å². The normalized spacial score (nSPS) is 10.8. The van der Waals surface area contributed by atoms with Crippen LogP contribution in [0.1, 0.15) is 5.69 Å². The SMILES string of the molecule is COCCNCc1cccn1CCSC. The van der Waals surface area contributed by atoms with Crippen molar-refractivity contribution in [3.05, 3.63) is 24.0 Å². The first-order chi connectivity index (χ1) is 7.38. The van der Waals surface area contributed by atoms with Crippen LogP contribution in [0, 0.1) is 0 Å². The second-order valence-corrected chi connectivity index (χ2v) is 4.34. The molecule has 0 saturated heterocycles. The van der Waals surface area contributed by atoms with Crippen LogP contribution in [0.3, 0.4) is 0 Å². The number of hydrogen-bond donors (Lipinski definition) is 1. The van der Waals surface area contributed by atoms with Gasteiger partial charge in [0.1, 0.15) is 0 Å². The number of hydrogen-bond acceptors (Lipinski definition) is 3. The second-order valence-electron chi connectivity index (χ2n) is 3.36. The summed E-state index contributed by atoms with van der Waals surface area (Å²) < 4.78 is 7.29. The van der Waals surface area contributed by atoms with Gasteiger partial charge in [-0.25, -0.2) is 0 Å². The van der Waals surface area contributed by atoms with E-state index in [1.807, 2.05) is 11.8 Å². The van der Waals surface area contributed by atoms with Gasteiger partial charge in [-0.3, -0.25) is 0 Å². The Morgan fingerprint density at radius 1 is 1.53 bits per heavy atom. The third kappa shape index (κ3) is 4.73. The quantitative estimate of drug-likeness (QED) is 0.684. The monoisotopic (exact) mass is 228 g/mol.